The van der Waals surface area contributed by atoms with E-state index in [1.165, 1.54) is 0 Å². The summed E-state index contributed by atoms with van der Waals surface area (Å²) in [6, 6.07) is 7.97. The fourth-order valence-electron chi connectivity index (χ4n) is 2.97. The zero-order chi connectivity index (χ0) is 14.8. The van der Waals surface area contributed by atoms with Crippen molar-refractivity contribution in [2.24, 2.45) is 11.7 Å². The van der Waals surface area contributed by atoms with Crippen molar-refractivity contribution in [2.75, 3.05) is 13.1 Å². The van der Waals surface area contributed by atoms with Gasteiger partial charge in [-0.3, -0.25) is 9.59 Å². The molecule has 5 heteroatoms. The Bertz CT molecular complexity index is 669. The van der Waals surface area contributed by atoms with Crippen LogP contribution in [-0.4, -0.2) is 34.8 Å². The molecular formula is C16H19N3O2. The zero-order valence-corrected chi connectivity index (χ0v) is 11.8. The van der Waals surface area contributed by atoms with Gasteiger partial charge >= 0.3 is 0 Å². The van der Waals surface area contributed by atoms with E-state index in [1.54, 1.807) is 0 Å². The maximum atomic E-state index is 12.4. The molecule has 1 aliphatic heterocycles. The topological polar surface area (TPSA) is 79.2 Å². The van der Waals surface area contributed by atoms with Gasteiger partial charge in [-0.15, -0.1) is 0 Å². The molecule has 1 saturated heterocycles. The number of nitrogens with two attached hydrogens (primary N) is 1. The van der Waals surface area contributed by atoms with E-state index in [0.29, 0.717) is 32.4 Å². The Morgan fingerprint density at radius 3 is 2.67 bits per heavy atom. The molecule has 3 rings (SSSR count). The predicted molar refractivity (Wildman–Crippen MR) is 80.5 cm³/mol. The Hall–Kier alpha value is -2.30. The lowest BCUT2D eigenvalue weighted by atomic mass is 9.96. The van der Waals surface area contributed by atoms with Gasteiger partial charge < -0.3 is 15.6 Å². The minimum Gasteiger partial charge on any atom is -0.369 e. The number of fused-ring (bicyclic) bond motifs is 1. The van der Waals surface area contributed by atoms with Crippen LogP contribution in [0.1, 0.15) is 18.4 Å². The SMILES string of the molecule is NC(=O)C1CCN(C(=O)Cc2c[nH]c3ccccc23)CC1. The molecule has 1 aromatic heterocycles. The number of carbonyl (C=O) groups excluding carboxylic acids is 2. The second-order valence-corrected chi connectivity index (χ2v) is 5.59. The molecule has 1 fully saturated rings. The van der Waals surface area contributed by atoms with Gasteiger partial charge in [0.05, 0.1) is 6.42 Å². The molecule has 0 aliphatic carbocycles. The van der Waals surface area contributed by atoms with Crippen molar-refractivity contribution < 1.29 is 9.59 Å². The van der Waals surface area contributed by atoms with Crippen LogP contribution < -0.4 is 5.73 Å². The van der Waals surface area contributed by atoms with E-state index in [9.17, 15) is 9.59 Å². The summed E-state index contributed by atoms with van der Waals surface area (Å²) in [7, 11) is 0. The Morgan fingerprint density at radius 2 is 1.95 bits per heavy atom. The highest BCUT2D eigenvalue weighted by Gasteiger charge is 2.26. The molecule has 21 heavy (non-hydrogen) atoms. The average molecular weight is 285 g/mol. The standard InChI is InChI=1S/C16H19N3O2/c17-16(21)11-5-7-19(8-6-11)15(20)9-12-10-18-14-4-2-1-3-13(12)14/h1-4,10-11,18H,5-9H2,(H2,17,21). The number of para-hydroxylation sites is 1. The van der Waals surface area contributed by atoms with Gasteiger partial charge in [-0.25, -0.2) is 0 Å². The van der Waals surface area contributed by atoms with Crippen LogP contribution in [0.3, 0.4) is 0 Å². The summed E-state index contributed by atoms with van der Waals surface area (Å²) in [6.45, 7) is 1.24. The minimum absolute atomic E-state index is 0.0814. The quantitative estimate of drug-likeness (QED) is 0.894. The molecule has 5 nitrogen and oxygen atoms in total. The first-order valence-corrected chi connectivity index (χ1v) is 7.27. The van der Waals surface area contributed by atoms with Crippen LogP contribution in [0.25, 0.3) is 10.9 Å². The number of nitrogens with one attached hydrogen (secondary N) is 1. The molecule has 0 unspecified atom stereocenters. The molecule has 1 aliphatic rings. The number of hydrogen-bond acceptors (Lipinski definition) is 2. The monoisotopic (exact) mass is 285 g/mol. The molecule has 110 valence electrons. The van der Waals surface area contributed by atoms with E-state index in [4.69, 9.17) is 5.73 Å². The number of carbonyl (C=O) groups is 2. The van der Waals surface area contributed by atoms with Gasteiger partial charge in [0.15, 0.2) is 0 Å². The molecule has 0 saturated carbocycles. The van der Waals surface area contributed by atoms with Gasteiger partial charge in [0.2, 0.25) is 11.8 Å². The normalized spacial score (nSPS) is 16.3. The van der Waals surface area contributed by atoms with E-state index in [-0.39, 0.29) is 17.7 Å². The first-order chi connectivity index (χ1) is 10.1. The molecule has 0 atom stereocenters. The van der Waals surface area contributed by atoms with Gasteiger partial charge in [-0.2, -0.15) is 0 Å². The number of benzene rings is 1. The van der Waals surface area contributed by atoms with Gasteiger partial charge in [-0.1, -0.05) is 18.2 Å². The Kier molecular flexibility index (Phi) is 3.64. The lowest BCUT2D eigenvalue weighted by Gasteiger charge is -2.30. The maximum absolute atomic E-state index is 12.4. The number of H-pyrrole nitrogens is 1. The highest BCUT2D eigenvalue weighted by molar-refractivity contribution is 5.89. The number of likely N-dealkylation sites (tertiary alicyclic amines) is 1. The smallest absolute Gasteiger partial charge is 0.227 e. The summed E-state index contributed by atoms with van der Waals surface area (Å²) < 4.78 is 0. The number of primary amides is 1. The van der Waals surface area contributed by atoms with Crippen molar-refractivity contribution in [1.29, 1.82) is 0 Å². The van der Waals surface area contributed by atoms with Crippen molar-refractivity contribution in [3.63, 3.8) is 0 Å². The zero-order valence-electron chi connectivity index (χ0n) is 11.8. The largest absolute Gasteiger partial charge is 0.369 e. The molecule has 3 N–H and O–H groups in total. The van der Waals surface area contributed by atoms with Gasteiger partial charge in [0, 0.05) is 36.1 Å². The van der Waals surface area contributed by atoms with Crippen LogP contribution in [-0.2, 0) is 16.0 Å². The van der Waals surface area contributed by atoms with Crippen molar-refractivity contribution in [3.8, 4) is 0 Å². The fourth-order valence-corrected chi connectivity index (χ4v) is 2.97. The van der Waals surface area contributed by atoms with Crippen molar-refractivity contribution in [3.05, 3.63) is 36.0 Å². The molecule has 2 heterocycles. The van der Waals surface area contributed by atoms with Crippen molar-refractivity contribution >= 4 is 22.7 Å². The average Bonchev–Trinajstić information content (AvgIpc) is 2.91. The summed E-state index contributed by atoms with van der Waals surface area (Å²) in [5.74, 6) is -0.219. The number of aromatic amines is 1. The Balaban J connectivity index is 1.66. The fraction of sp³-hybridized carbons (Fsp3) is 0.375. The minimum atomic E-state index is -0.251. The van der Waals surface area contributed by atoms with Crippen LogP contribution >= 0.6 is 0 Å². The van der Waals surface area contributed by atoms with Crippen LogP contribution in [0.5, 0.6) is 0 Å². The van der Waals surface area contributed by atoms with Gasteiger partial charge in [-0.05, 0) is 24.5 Å². The van der Waals surface area contributed by atoms with E-state index >= 15 is 0 Å². The third kappa shape index (κ3) is 2.77. The molecule has 0 radical (unpaired) electrons. The summed E-state index contributed by atoms with van der Waals surface area (Å²) in [5.41, 5.74) is 7.38. The number of amides is 2. The molecule has 2 aromatic rings. The highest BCUT2D eigenvalue weighted by atomic mass is 16.2. The Labute approximate surface area is 123 Å². The second-order valence-electron chi connectivity index (χ2n) is 5.59. The highest BCUT2D eigenvalue weighted by Crippen LogP contribution is 2.21. The lowest BCUT2D eigenvalue weighted by molar-refractivity contribution is -0.134. The third-order valence-corrected chi connectivity index (χ3v) is 4.27. The predicted octanol–water partition coefficient (Wildman–Crippen LogP) is 1.43. The van der Waals surface area contributed by atoms with E-state index < -0.39 is 0 Å². The molecule has 1 aromatic carbocycles. The Morgan fingerprint density at radius 1 is 1.24 bits per heavy atom. The first-order valence-electron chi connectivity index (χ1n) is 7.27. The van der Waals surface area contributed by atoms with Crippen LogP contribution in [0.15, 0.2) is 30.5 Å². The summed E-state index contributed by atoms with van der Waals surface area (Å²) in [6.07, 6.45) is 3.65. The van der Waals surface area contributed by atoms with Crippen LogP contribution in [0, 0.1) is 5.92 Å². The number of aromatic nitrogens is 1. The number of piperidine rings is 1. The number of nitrogens with zero attached hydrogens (tertiary/aromatic N) is 1. The van der Waals surface area contributed by atoms with Crippen LogP contribution in [0.2, 0.25) is 0 Å². The number of rotatable bonds is 3. The van der Waals surface area contributed by atoms with Crippen LogP contribution in [0.4, 0.5) is 0 Å². The molecular weight excluding hydrogens is 266 g/mol. The van der Waals surface area contributed by atoms with Gasteiger partial charge in [0.25, 0.3) is 0 Å². The first kappa shape index (κ1) is 13.7. The molecule has 0 spiro atoms. The summed E-state index contributed by atoms with van der Waals surface area (Å²) in [4.78, 5) is 28.6. The summed E-state index contributed by atoms with van der Waals surface area (Å²) in [5, 5.41) is 1.10. The molecule has 0 bridgehead atoms. The maximum Gasteiger partial charge on any atom is 0.227 e. The van der Waals surface area contributed by atoms with E-state index in [0.717, 1.165) is 16.5 Å². The third-order valence-electron chi connectivity index (χ3n) is 4.27. The lowest BCUT2D eigenvalue weighted by Crippen LogP contribution is -2.42. The molecule has 2 amide bonds. The second kappa shape index (κ2) is 5.60. The van der Waals surface area contributed by atoms with E-state index in [1.807, 2.05) is 35.4 Å². The van der Waals surface area contributed by atoms with Gasteiger partial charge in [0.1, 0.15) is 0 Å². The summed E-state index contributed by atoms with van der Waals surface area (Å²) >= 11 is 0. The van der Waals surface area contributed by atoms with Crippen molar-refractivity contribution in [2.45, 2.75) is 19.3 Å². The van der Waals surface area contributed by atoms with Crippen molar-refractivity contribution in [1.82, 2.24) is 9.88 Å². The number of hydrogen-bond donors (Lipinski definition) is 2. The van der Waals surface area contributed by atoms with E-state index in [2.05, 4.69) is 4.98 Å².